The summed E-state index contributed by atoms with van der Waals surface area (Å²) in [6.07, 6.45) is 4.86. The molecule has 2 heteroatoms. The molecule has 0 aliphatic carbocycles. The topological polar surface area (TPSA) is 6.48 Å². The summed E-state index contributed by atoms with van der Waals surface area (Å²) in [5, 5.41) is 0. The molecule has 2 nitrogen and oxygen atoms in total. The molecule has 1 rings (SSSR count). The van der Waals surface area contributed by atoms with Crippen LogP contribution < -0.4 is 0 Å². The van der Waals surface area contributed by atoms with Crippen LogP contribution in [0.5, 0.6) is 0 Å². The Bertz CT molecular complexity index is 206. The highest BCUT2D eigenvalue weighted by Gasteiger charge is 2.34. The van der Waals surface area contributed by atoms with Gasteiger partial charge in [-0.05, 0) is 48.5 Å². The Morgan fingerprint density at radius 1 is 0.786 bits per heavy atom. The number of nitrogens with zero attached hydrogens (tertiary/aromatic N) is 2. The molecule has 1 heterocycles. The fourth-order valence-corrected chi connectivity index (χ4v) is 2.10. The summed E-state index contributed by atoms with van der Waals surface area (Å²) in [5.74, 6) is 0. The van der Waals surface area contributed by atoms with Gasteiger partial charge in [0.25, 0.3) is 0 Å². The molecule has 0 unspecified atom stereocenters. The van der Waals surface area contributed by atoms with Crippen LogP contribution in [0, 0.1) is 0 Å². The lowest BCUT2D eigenvalue weighted by molar-refractivity contribution is 0.0442. The fraction of sp³-hybridized carbons (Fsp3) is 0.833. The Hall–Kier alpha value is -0.660. The summed E-state index contributed by atoms with van der Waals surface area (Å²) in [5.41, 5.74) is 0.409. The van der Waals surface area contributed by atoms with Gasteiger partial charge < -0.3 is 9.80 Å². The first-order chi connectivity index (χ1) is 6.14. The lowest BCUT2D eigenvalue weighted by Crippen LogP contribution is -2.51. The molecular formula is C12H24N2. The van der Waals surface area contributed by atoms with Gasteiger partial charge in [0, 0.05) is 23.5 Å². The summed E-state index contributed by atoms with van der Waals surface area (Å²) < 4.78 is 0. The summed E-state index contributed by atoms with van der Waals surface area (Å²) in [4.78, 5) is 4.80. The van der Waals surface area contributed by atoms with Gasteiger partial charge >= 0.3 is 0 Å². The molecule has 0 atom stereocenters. The van der Waals surface area contributed by atoms with Crippen molar-refractivity contribution in [3.8, 4) is 0 Å². The minimum Gasteiger partial charge on any atom is -0.351 e. The van der Waals surface area contributed by atoms with Crippen molar-refractivity contribution >= 4 is 0 Å². The zero-order chi connectivity index (χ0) is 11.1. The van der Waals surface area contributed by atoms with Gasteiger partial charge in [0.05, 0.1) is 6.17 Å². The minimum atomic E-state index is 0.204. The van der Waals surface area contributed by atoms with Crippen LogP contribution in [0.2, 0.25) is 0 Å². The molecule has 0 aromatic rings. The highest BCUT2D eigenvalue weighted by Crippen LogP contribution is 2.30. The second-order valence-corrected chi connectivity index (χ2v) is 6.09. The lowest BCUT2D eigenvalue weighted by atomic mass is 10.0. The molecule has 0 saturated heterocycles. The normalized spacial score (nSPS) is 19.6. The maximum absolute atomic E-state index is 2.40. The average Bonchev–Trinajstić information content (AvgIpc) is 2.26. The first-order valence-corrected chi connectivity index (χ1v) is 5.39. The van der Waals surface area contributed by atoms with Crippen molar-refractivity contribution in [2.75, 3.05) is 0 Å². The van der Waals surface area contributed by atoms with Crippen molar-refractivity contribution in [3.63, 3.8) is 0 Å². The van der Waals surface area contributed by atoms with Crippen molar-refractivity contribution in [3.05, 3.63) is 12.4 Å². The van der Waals surface area contributed by atoms with E-state index in [0.29, 0.717) is 6.17 Å². The third-order valence-electron chi connectivity index (χ3n) is 2.74. The Morgan fingerprint density at radius 2 is 1.07 bits per heavy atom. The van der Waals surface area contributed by atoms with Crippen LogP contribution in [0.1, 0.15) is 48.5 Å². The highest BCUT2D eigenvalue weighted by molar-refractivity contribution is 5.04. The molecule has 0 spiro atoms. The van der Waals surface area contributed by atoms with Crippen molar-refractivity contribution in [2.45, 2.75) is 65.7 Å². The second kappa shape index (κ2) is 3.18. The molecule has 0 amide bonds. The van der Waals surface area contributed by atoms with Crippen LogP contribution in [-0.2, 0) is 0 Å². The van der Waals surface area contributed by atoms with E-state index in [0.717, 1.165) is 0 Å². The van der Waals surface area contributed by atoms with Crippen LogP contribution in [0.25, 0.3) is 0 Å². The molecule has 0 aromatic heterocycles. The molecule has 0 N–H and O–H groups in total. The Labute approximate surface area is 88.6 Å². The minimum absolute atomic E-state index is 0.204. The quantitative estimate of drug-likeness (QED) is 0.587. The molecular weight excluding hydrogens is 172 g/mol. The van der Waals surface area contributed by atoms with E-state index < -0.39 is 0 Å². The number of rotatable bonds is 0. The lowest BCUT2D eigenvalue weighted by Gasteiger charge is -2.43. The standard InChI is InChI=1S/C12H24N2/c1-10-13(11(2,3)4)8-9-14(10)12(5,6)7/h8-10H,1-7H3. The predicted molar refractivity (Wildman–Crippen MR) is 61.8 cm³/mol. The number of hydrogen-bond donors (Lipinski definition) is 0. The first kappa shape index (κ1) is 11.4. The van der Waals surface area contributed by atoms with Crippen molar-refractivity contribution < 1.29 is 0 Å². The van der Waals surface area contributed by atoms with Gasteiger partial charge in [0.15, 0.2) is 0 Å². The van der Waals surface area contributed by atoms with Gasteiger partial charge in [-0.25, -0.2) is 0 Å². The zero-order valence-corrected chi connectivity index (χ0v) is 10.6. The SMILES string of the molecule is CC1N(C(C)(C)C)C=CN1C(C)(C)C. The third-order valence-corrected chi connectivity index (χ3v) is 2.74. The summed E-state index contributed by atoms with van der Waals surface area (Å²) in [7, 11) is 0. The van der Waals surface area contributed by atoms with Crippen LogP contribution in [-0.4, -0.2) is 27.0 Å². The van der Waals surface area contributed by atoms with Crippen LogP contribution in [0.3, 0.4) is 0 Å². The predicted octanol–water partition coefficient (Wildman–Crippen LogP) is 3.02. The number of hydrogen-bond acceptors (Lipinski definition) is 2. The summed E-state index contributed by atoms with van der Waals surface area (Å²) in [6, 6.07) is 0. The maximum Gasteiger partial charge on any atom is 0.0987 e. The molecule has 0 bridgehead atoms. The van der Waals surface area contributed by atoms with Gasteiger partial charge in [0.1, 0.15) is 0 Å². The molecule has 0 saturated carbocycles. The molecule has 14 heavy (non-hydrogen) atoms. The van der Waals surface area contributed by atoms with Crippen molar-refractivity contribution in [1.29, 1.82) is 0 Å². The molecule has 1 aliphatic heterocycles. The van der Waals surface area contributed by atoms with Crippen LogP contribution in [0.15, 0.2) is 12.4 Å². The summed E-state index contributed by atoms with van der Waals surface area (Å²) >= 11 is 0. The first-order valence-electron chi connectivity index (χ1n) is 5.39. The van der Waals surface area contributed by atoms with E-state index in [-0.39, 0.29) is 11.1 Å². The van der Waals surface area contributed by atoms with Gasteiger partial charge in [-0.1, -0.05) is 0 Å². The monoisotopic (exact) mass is 196 g/mol. The van der Waals surface area contributed by atoms with Crippen LogP contribution in [0.4, 0.5) is 0 Å². The van der Waals surface area contributed by atoms with Gasteiger partial charge in [-0.2, -0.15) is 0 Å². The smallest absolute Gasteiger partial charge is 0.0987 e. The molecule has 1 aliphatic rings. The Balaban J connectivity index is 2.81. The van der Waals surface area contributed by atoms with E-state index >= 15 is 0 Å². The van der Waals surface area contributed by atoms with E-state index in [1.807, 2.05) is 0 Å². The largest absolute Gasteiger partial charge is 0.351 e. The van der Waals surface area contributed by atoms with Crippen LogP contribution >= 0.6 is 0 Å². The van der Waals surface area contributed by atoms with E-state index in [1.54, 1.807) is 0 Å². The van der Waals surface area contributed by atoms with E-state index in [9.17, 15) is 0 Å². The summed E-state index contributed by atoms with van der Waals surface area (Å²) in [6.45, 7) is 15.8. The van der Waals surface area contributed by atoms with E-state index in [4.69, 9.17) is 0 Å². The molecule has 0 fully saturated rings. The van der Waals surface area contributed by atoms with Gasteiger partial charge in [-0.3, -0.25) is 0 Å². The fourth-order valence-electron chi connectivity index (χ4n) is 2.10. The second-order valence-electron chi connectivity index (χ2n) is 6.09. The molecule has 0 aromatic carbocycles. The van der Waals surface area contributed by atoms with E-state index in [1.165, 1.54) is 0 Å². The van der Waals surface area contributed by atoms with Crippen molar-refractivity contribution in [2.24, 2.45) is 0 Å². The molecule has 82 valence electrons. The third kappa shape index (κ3) is 2.05. The van der Waals surface area contributed by atoms with Crippen molar-refractivity contribution in [1.82, 2.24) is 9.80 Å². The Kier molecular flexibility index (Phi) is 2.59. The Morgan fingerprint density at radius 3 is 1.21 bits per heavy atom. The molecule has 0 radical (unpaired) electrons. The van der Waals surface area contributed by atoms with Gasteiger partial charge in [0.2, 0.25) is 0 Å². The average molecular weight is 196 g/mol. The highest BCUT2D eigenvalue weighted by atomic mass is 15.4. The van der Waals surface area contributed by atoms with Gasteiger partial charge in [-0.15, -0.1) is 0 Å². The zero-order valence-electron chi connectivity index (χ0n) is 10.6. The maximum atomic E-state index is 2.40. The van der Waals surface area contributed by atoms with E-state index in [2.05, 4.69) is 70.7 Å².